The number of hydrogen-bond acceptors (Lipinski definition) is 11. The molecule has 0 aliphatic carbocycles. The number of rotatable bonds is 9. The smallest absolute Gasteiger partial charge is 0.241 e. The molecule has 4 aromatic carbocycles. The molecule has 0 unspecified atom stereocenters. The Morgan fingerprint density at radius 1 is 0.773 bits per heavy atom. The predicted octanol–water partition coefficient (Wildman–Crippen LogP) is 7.22. The fraction of sp³-hybridized carbons (Fsp3) is 0.152. The molecule has 222 valence electrons. The van der Waals surface area contributed by atoms with E-state index in [1.54, 1.807) is 6.07 Å². The van der Waals surface area contributed by atoms with Crippen LogP contribution in [-0.2, 0) is 0 Å². The number of aromatic hydroxyl groups is 1. The van der Waals surface area contributed by atoms with Crippen molar-refractivity contribution in [1.29, 1.82) is 0 Å². The second kappa shape index (κ2) is 13.2. The summed E-state index contributed by atoms with van der Waals surface area (Å²) < 4.78 is 0. The quantitative estimate of drug-likeness (QED) is 0.120. The number of phenols is 1. The molecule has 1 aliphatic heterocycles. The zero-order valence-corrected chi connectivity index (χ0v) is 23.9. The minimum absolute atomic E-state index is 0.0186. The third-order valence-corrected chi connectivity index (χ3v) is 7.17. The second-order valence-corrected chi connectivity index (χ2v) is 10.3. The van der Waals surface area contributed by atoms with Crippen LogP contribution in [0, 0.1) is 5.21 Å². The molecule has 1 saturated heterocycles. The van der Waals surface area contributed by atoms with Crippen LogP contribution in [0.5, 0.6) is 5.75 Å². The summed E-state index contributed by atoms with van der Waals surface area (Å²) in [5.41, 5.74) is 3.39. The van der Waals surface area contributed by atoms with E-state index in [-0.39, 0.29) is 22.2 Å². The van der Waals surface area contributed by atoms with Crippen LogP contribution in [0.1, 0.15) is 24.8 Å². The summed E-state index contributed by atoms with van der Waals surface area (Å²) in [4.78, 5) is 23.3. The Morgan fingerprint density at radius 2 is 1.48 bits per heavy atom. The van der Waals surface area contributed by atoms with Crippen molar-refractivity contribution >= 4 is 52.5 Å². The summed E-state index contributed by atoms with van der Waals surface area (Å²) >= 11 is 0. The minimum atomic E-state index is -0.265. The molecule has 0 bridgehead atoms. The zero-order chi connectivity index (χ0) is 30.3. The Balaban J connectivity index is 1.35. The molecule has 0 amide bonds. The highest BCUT2D eigenvalue weighted by molar-refractivity contribution is 5.87. The minimum Gasteiger partial charge on any atom is -0.733 e. The molecular weight excluding hydrogens is 556 g/mol. The Bertz CT molecular complexity index is 1690. The van der Waals surface area contributed by atoms with Crippen LogP contribution in [-0.4, -0.2) is 44.6 Å². The van der Waals surface area contributed by atoms with Gasteiger partial charge in [-0.05, 0) is 79.9 Å². The van der Waals surface area contributed by atoms with Gasteiger partial charge in [-0.1, -0.05) is 42.5 Å². The highest BCUT2D eigenvalue weighted by Crippen LogP contribution is 2.34. The molecule has 0 atom stereocenters. The highest BCUT2D eigenvalue weighted by atomic mass is 16.8. The number of aromatic nitrogens is 3. The number of nitrogens with zero attached hydrogens (tertiary/aromatic N) is 7. The Kier molecular flexibility index (Phi) is 8.58. The maximum absolute atomic E-state index is 11.3. The van der Waals surface area contributed by atoms with E-state index in [0.29, 0.717) is 29.2 Å². The number of para-hydroxylation sites is 2. The summed E-state index contributed by atoms with van der Waals surface area (Å²) in [6.07, 6.45) is 4.77. The lowest BCUT2D eigenvalue weighted by molar-refractivity contribution is 0.296. The van der Waals surface area contributed by atoms with E-state index in [1.165, 1.54) is 30.8 Å². The third kappa shape index (κ3) is 6.75. The van der Waals surface area contributed by atoms with Crippen LogP contribution in [0.25, 0.3) is 0 Å². The SMILES string of the molecule is [O-]N(O)c1ccc(O)c(C=Nc2cccc(Nc3nc(N4CCCCC4)nc(N(c4ccccc4)c4ccccc4)n3)c2)c1. The Hall–Kier alpha value is -5.52. The Labute approximate surface area is 255 Å². The van der Waals surface area contributed by atoms with Gasteiger partial charge in [-0.3, -0.25) is 15.1 Å². The molecule has 2 heterocycles. The van der Waals surface area contributed by atoms with Crippen molar-refractivity contribution in [1.82, 2.24) is 15.0 Å². The third-order valence-electron chi connectivity index (χ3n) is 7.17. The molecule has 11 nitrogen and oxygen atoms in total. The van der Waals surface area contributed by atoms with Crippen LogP contribution < -0.4 is 20.3 Å². The molecule has 0 spiro atoms. The van der Waals surface area contributed by atoms with Gasteiger partial charge in [-0.15, -0.1) is 0 Å². The number of piperidine rings is 1. The van der Waals surface area contributed by atoms with Crippen molar-refractivity contribution in [2.75, 3.05) is 33.4 Å². The predicted molar refractivity (Wildman–Crippen MR) is 173 cm³/mol. The van der Waals surface area contributed by atoms with Gasteiger partial charge in [0.05, 0.1) is 11.4 Å². The number of nitrogens with one attached hydrogen (secondary N) is 1. The van der Waals surface area contributed by atoms with Crippen LogP contribution in [0.3, 0.4) is 0 Å². The standard InChI is InChI=1S/C33H31N8O3/c42-30-18-17-29(41(43)44)21-24(30)23-34-25-11-10-12-26(22-25)35-31-36-32(39-19-8-3-9-20-39)38-33(37-31)40(27-13-4-1-5-14-27)28-15-6-2-7-16-28/h1-2,4-7,10-18,21-23,42-43H,3,8-9,19-20H2,(H,35,36,37,38)/q-1. The molecule has 3 N–H and O–H groups in total. The van der Waals surface area contributed by atoms with Gasteiger partial charge in [0.2, 0.25) is 17.8 Å². The first-order chi connectivity index (χ1) is 21.5. The van der Waals surface area contributed by atoms with Crippen molar-refractivity contribution in [2.24, 2.45) is 4.99 Å². The summed E-state index contributed by atoms with van der Waals surface area (Å²) in [5, 5.41) is 33.7. The first-order valence-electron chi connectivity index (χ1n) is 14.3. The van der Waals surface area contributed by atoms with Gasteiger partial charge >= 0.3 is 0 Å². The number of benzene rings is 4. The van der Waals surface area contributed by atoms with Crippen LogP contribution >= 0.6 is 0 Å². The first kappa shape index (κ1) is 28.6. The Morgan fingerprint density at radius 3 is 2.16 bits per heavy atom. The van der Waals surface area contributed by atoms with Gasteiger partial charge in [-0.25, -0.2) is 0 Å². The van der Waals surface area contributed by atoms with E-state index >= 15 is 0 Å². The number of hydrogen-bond donors (Lipinski definition) is 3. The normalized spacial score (nSPS) is 13.2. The number of phenolic OH excluding ortho intramolecular Hbond substituents is 1. The van der Waals surface area contributed by atoms with E-state index in [0.717, 1.165) is 37.3 Å². The van der Waals surface area contributed by atoms with Crippen molar-refractivity contribution in [3.8, 4) is 5.75 Å². The van der Waals surface area contributed by atoms with Crippen molar-refractivity contribution in [3.05, 3.63) is 114 Å². The number of anilines is 7. The average Bonchev–Trinajstić information content (AvgIpc) is 3.06. The van der Waals surface area contributed by atoms with Crippen LogP contribution in [0.2, 0.25) is 0 Å². The molecule has 11 heteroatoms. The van der Waals surface area contributed by atoms with E-state index in [2.05, 4.69) is 15.2 Å². The molecule has 44 heavy (non-hydrogen) atoms. The monoisotopic (exact) mass is 587 g/mol. The lowest BCUT2D eigenvalue weighted by atomic mass is 10.1. The van der Waals surface area contributed by atoms with Crippen molar-refractivity contribution in [2.45, 2.75) is 19.3 Å². The maximum atomic E-state index is 11.3. The topological polar surface area (TPSA) is 136 Å². The number of aliphatic imine (C=N–C) groups is 1. The zero-order valence-electron chi connectivity index (χ0n) is 23.9. The molecule has 5 aromatic rings. The van der Waals surface area contributed by atoms with E-state index in [9.17, 15) is 15.5 Å². The maximum Gasteiger partial charge on any atom is 0.241 e. The van der Waals surface area contributed by atoms with E-state index in [1.807, 2.05) is 83.8 Å². The van der Waals surface area contributed by atoms with Gasteiger partial charge in [-0.2, -0.15) is 15.0 Å². The fourth-order valence-corrected chi connectivity index (χ4v) is 4.98. The highest BCUT2D eigenvalue weighted by Gasteiger charge is 2.21. The largest absolute Gasteiger partial charge is 0.733 e. The van der Waals surface area contributed by atoms with Gasteiger partial charge in [0.15, 0.2) is 0 Å². The van der Waals surface area contributed by atoms with Crippen molar-refractivity contribution in [3.63, 3.8) is 0 Å². The van der Waals surface area contributed by atoms with Crippen molar-refractivity contribution < 1.29 is 10.3 Å². The van der Waals surface area contributed by atoms with Gasteiger partial charge < -0.3 is 25.8 Å². The summed E-state index contributed by atoms with van der Waals surface area (Å²) in [7, 11) is 0. The summed E-state index contributed by atoms with van der Waals surface area (Å²) in [6, 6.07) is 31.3. The molecule has 1 aliphatic rings. The molecule has 0 radical (unpaired) electrons. The molecule has 1 fully saturated rings. The van der Waals surface area contributed by atoms with Crippen LogP contribution in [0.15, 0.2) is 108 Å². The fourth-order valence-electron chi connectivity index (χ4n) is 4.98. The second-order valence-electron chi connectivity index (χ2n) is 10.3. The lowest BCUT2D eigenvalue weighted by Gasteiger charge is -2.29. The van der Waals surface area contributed by atoms with Gasteiger partial charge in [0, 0.05) is 41.9 Å². The van der Waals surface area contributed by atoms with Gasteiger partial charge in [0.25, 0.3) is 0 Å². The first-order valence-corrected chi connectivity index (χ1v) is 14.3. The van der Waals surface area contributed by atoms with Gasteiger partial charge in [0.1, 0.15) is 5.75 Å². The average molecular weight is 588 g/mol. The van der Waals surface area contributed by atoms with E-state index in [4.69, 9.17) is 15.0 Å². The summed E-state index contributed by atoms with van der Waals surface area (Å²) in [6.45, 7) is 1.75. The van der Waals surface area contributed by atoms with Crippen LogP contribution in [0.4, 0.5) is 46.3 Å². The summed E-state index contributed by atoms with van der Waals surface area (Å²) in [5.74, 6) is 1.41. The molecular formula is C33H31N8O3-. The van der Waals surface area contributed by atoms with E-state index < -0.39 is 0 Å². The molecule has 0 saturated carbocycles. The lowest BCUT2D eigenvalue weighted by Crippen LogP contribution is -2.31. The molecule has 1 aromatic heterocycles. The molecule has 6 rings (SSSR count).